The SMILES string of the molecule is Cc1c(Cl)nc(C2CC2)nc1NCCc1cccnc1. The molecule has 5 heteroatoms. The van der Waals surface area contributed by atoms with Gasteiger partial charge in [-0.25, -0.2) is 9.97 Å². The zero-order chi connectivity index (χ0) is 13.9. The molecule has 0 spiro atoms. The Bertz CT molecular complexity index is 596. The second kappa shape index (κ2) is 5.75. The predicted octanol–water partition coefficient (Wildman–Crippen LogP) is 3.37. The fraction of sp³-hybridized carbons (Fsp3) is 0.400. The fourth-order valence-corrected chi connectivity index (χ4v) is 2.25. The van der Waals surface area contributed by atoms with Crippen molar-refractivity contribution in [3.8, 4) is 0 Å². The summed E-state index contributed by atoms with van der Waals surface area (Å²) in [7, 11) is 0. The molecule has 2 aromatic heterocycles. The van der Waals surface area contributed by atoms with Crippen LogP contribution < -0.4 is 5.32 Å². The summed E-state index contributed by atoms with van der Waals surface area (Å²) in [5.74, 6) is 2.24. The van der Waals surface area contributed by atoms with E-state index in [1.165, 1.54) is 18.4 Å². The molecule has 1 fully saturated rings. The molecule has 3 rings (SSSR count). The molecule has 0 unspecified atom stereocenters. The average molecular weight is 289 g/mol. The van der Waals surface area contributed by atoms with Crippen molar-refractivity contribution in [3.63, 3.8) is 0 Å². The van der Waals surface area contributed by atoms with Crippen molar-refractivity contribution in [2.24, 2.45) is 0 Å². The minimum absolute atomic E-state index is 0.506. The van der Waals surface area contributed by atoms with Crippen LogP contribution in [0.5, 0.6) is 0 Å². The number of nitrogens with one attached hydrogen (secondary N) is 1. The first-order valence-electron chi connectivity index (χ1n) is 6.91. The van der Waals surface area contributed by atoms with E-state index in [2.05, 4.69) is 26.3 Å². The quantitative estimate of drug-likeness (QED) is 0.857. The van der Waals surface area contributed by atoms with Crippen molar-refractivity contribution in [3.05, 3.63) is 46.6 Å². The zero-order valence-corrected chi connectivity index (χ0v) is 12.2. The highest BCUT2D eigenvalue weighted by Gasteiger charge is 2.27. The van der Waals surface area contributed by atoms with E-state index in [0.29, 0.717) is 11.1 Å². The fourth-order valence-electron chi connectivity index (χ4n) is 2.07. The highest BCUT2D eigenvalue weighted by molar-refractivity contribution is 6.30. The molecule has 0 radical (unpaired) electrons. The summed E-state index contributed by atoms with van der Waals surface area (Å²) >= 11 is 6.19. The molecule has 104 valence electrons. The van der Waals surface area contributed by atoms with E-state index in [1.54, 1.807) is 6.20 Å². The van der Waals surface area contributed by atoms with Crippen LogP contribution in [-0.4, -0.2) is 21.5 Å². The Morgan fingerprint density at radius 1 is 1.35 bits per heavy atom. The van der Waals surface area contributed by atoms with Crippen LogP contribution in [0.1, 0.15) is 35.7 Å². The molecule has 0 amide bonds. The van der Waals surface area contributed by atoms with Crippen LogP contribution in [-0.2, 0) is 6.42 Å². The topological polar surface area (TPSA) is 50.7 Å². The third-order valence-electron chi connectivity index (χ3n) is 3.48. The molecule has 20 heavy (non-hydrogen) atoms. The molecule has 2 aromatic rings. The summed E-state index contributed by atoms with van der Waals surface area (Å²) in [6.07, 6.45) is 6.93. The van der Waals surface area contributed by atoms with E-state index in [0.717, 1.165) is 30.2 Å². The van der Waals surface area contributed by atoms with Crippen molar-refractivity contribution < 1.29 is 0 Å². The number of rotatable bonds is 5. The van der Waals surface area contributed by atoms with Gasteiger partial charge in [-0.2, -0.15) is 0 Å². The van der Waals surface area contributed by atoms with Crippen molar-refractivity contribution in [1.29, 1.82) is 0 Å². The monoisotopic (exact) mass is 288 g/mol. The predicted molar refractivity (Wildman–Crippen MR) is 80.2 cm³/mol. The Labute approximate surface area is 123 Å². The summed E-state index contributed by atoms with van der Waals surface area (Å²) < 4.78 is 0. The van der Waals surface area contributed by atoms with Crippen LogP contribution in [0, 0.1) is 6.92 Å². The van der Waals surface area contributed by atoms with Gasteiger partial charge in [0.2, 0.25) is 0 Å². The maximum Gasteiger partial charge on any atom is 0.137 e. The van der Waals surface area contributed by atoms with Gasteiger partial charge in [0.1, 0.15) is 16.8 Å². The average Bonchev–Trinajstić information content (AvgIpc) is 3.29. The van der Waals surface area contributed by atoms with Gasteiger partial charge in [0, 0.05) is 30.4 Å². The van der Waals surface area contributed by atoms with Crippen LogP contribution in [0.3, 0.4) is 0 Å². The van der Waals surface area contributed by atoms with E-state index in [9.17, 15) is 0 Å². The van der Waals surface area contributed by atoms with Gasteiger partial charge in [0.15, 0.2) is 0 Å². The van der Waals surface area contributed by atoms with E-state index in [4.69, 9.17) is 11.6 Å². The maximum absolute atomic E-state index is 6.19. The van der Waals surface area contributed by atoms with Gasteiger partial charge in [-0.05, 0) is 37.8 Å². The Kier molecular flexibility index (Phi) is 3.83. The van der Waals surface area contributed by atoms with Crippen LogP contribution in [0.15, 0.2) is 24.5 Å². The van der Waals surface area contributed by atoms with Crippen molar-refractivity contribution in [2.45, 2.75) is 32.1 Å². The smallest absolute Gasteiger partial charge is 0.137 e. The molecule has 0 bridgehead atoms. The van der Waals surface area contributed by atoms with E-state index < -0.39 is 0 Å². The van der Waals surface area contributed by atoms with Gasteiger partial charge in [-0.3, -0.25) is 4.98 Å². The molecular weight excluding hydrogens is 272 g/mol. The van der Waals surface area contributed by atoms with Crippen molar-refractivity contribution in [2.75, 3.05) is 11.9 Å². The Balaban J connectivity index is 1.67. The molecule has 0 aromatic carbocycles. The highest BCUT2D eigenvalue weighted by atomic mass is 35.5. The van der Waals surface area contributed by atoms with Gasteiger partial charge in [0.05, 0.1) is 0 Å². The lowest BCUT2D eigenvalue weighted by molar-refractivity contribution is 0.904. The maximum atomic E-state index is 6.19. The minimum atomic E-state index is 0.506. The summed E-state index contributed by atoms with van der Waals surface area (Å²) in [4.78, 5) is 13.1. The van der Waals surface area contributed by atoms with Crippen LogP contribution in [0.25, 0.3) is 0 Å². The first-order chi connectivity index (χ1) is 9.74. The van der Waals surface area contributed by atoms with Gasteiger partial charge in [-0.15, -0.1) is 0 Å². The largest absolute Gasteiger partial charge is 0.369 e. The second-order valence-corrected chi connectivity index (χ2v) is 5.52. The molecule has 1 aliphatic rings. The lowest BCUT2D eigenvalue weighted by Crippen LogP contribution is -2.10. The van der Waals surface area contributed by atoms with E-state index >= 15 is 0 Å². The number of hydrogen-bond donors (Lipinski definition) is 1. The second-order valence-electron chi connectivity index (χ2n) is 5.16. The summed E-state index contributed by atoms with van der Waals surface area (Å²) in [5.41, 5.74) is 2.13. The summed E-state index contributed by atoms with van der Waals surface area (Å²) in [6.45, 7) is 2.76. The lowest BCUT2D eigenvalue weighted by Gasteiger charge is -2.11. The molecular formula is C15H17ClN4. The molecule has 4 nitrogen and oxygen atoms in total. The number of hydrogen-bond acceptors (Lipinski definition) is 4. The number of halogens is 1. The molecule has 1 N–H and O–H groups in total. The van der Waals surface area contributed by atoms with Gasteiger partial charge >= 0.3 is 0 Å². The van der Waals surface area contributed by atoms with Crippen molar-refractivity contribution >= 4 is 17.4 Å². The third-order valence-corrected chi connectivity index (χ3v) is 3.84. The zero-order valence-electron chi connectivity index (χ0n) is 11.4. The number of aromatic nitrogens is 3. The first-order valence-corrected chi connectivity index (χ1v) is 7.28. The standard InChI is InChI=1S/C15H17ClN4/c1-10-13(16)19-15(12-4-5-12)20-14(10)18-8-6-11-3-2-7-17-9-11/h2-3,7,9,12H,4-6,8H2,1H3,(H,18,19,20). The van der Waals surface area contributed by atoms with Gasteiger partial charge in [0.25, 0.3) is 0 Å². The van der Waals surface area contributed by atoms with Crippen molar-refractivity contribution in [1.82, 2.24) is 15.0 Å². The van der Waals surface area contributed by atoms with Crippen LogP contribution >= 0.6 is 11.6 Å². The summed E-state index contributed by atoms with van der Waals surface area (Å²) in [6, 6.07) is 4.03. The molecule has 0 saturated heterocycles. The number of anilines is 1. The molecule has 0 aliphatic heterocycles. The van der Waals surface area contributed by atoms with E-state index in [1.807, 2.05) is 19.2 Å². The number of pyridine rings is 1. The Morgan fingerprint density at radius 2 is 2.20 bits per heavy atom. The molecule has 1 saturated carbocycles. The number of nitrogens with zero attached hydrogens (tertiary/aromatic N) is 3. The van der Waals surface area contributed by atoms with Crippen LogP contribution in [0.2, 0.25) is 5.15 Å². The van der Waals surface area contributed by atoms with Gasteiger partial charge < -0.3 is 5.32 Å². The first kappa shape index (κ1) is 13.3. The minimum Gasteiger partial charge on any atom is -0.369 e. The normalized spacial score (nSPS) is 14.3. The van der Waals surface area contributed by atoms with E-state index in [-0.39, 0.29) is 0 Å². The highest BCUT2D eigenvalue weighted by Crippen LogP contribution is 2.39. The third kappa shape index (κ3) is 3.07. The molecule has 0 atom stereocenters. The Hall–Kier alpha value is -1.68. The molecule has 2 heterocycles. The Morgan fingerprint density at radius 3 is 2.90 bits per heavy atom. The molecule has 1 aliphatic carbocycles. The lowest BCUT2D eigenvalue weighted by atomic mass is 10.2. The summed E-state index contributed by atoms with van der Waals surface area (Å²) in [5, 5.41) is 3.92. The van der Waals surface area contributed by atoms with Crippen LogP contribution in [0.4, 0.5) is 5.82 Å². The van der Waals surface area contributed by atoms with Gasteiger partial charge in [-0.1, -0.05) is 17.7 Å².